The highest BCUT2D eigenvalue weighted by Gasteiger charge is 2.46. The molecule has 0 bridgehead atoms. The molecule has 20 heavy (non-hydrogen) atoms. The maximum Gasteiger partial charge on any atom is 0.184 e. The van der Waals surface area contributed by atoms with Crippen LogP contribution in [0.15, 0.2) is 30.3 Å². The first-order chi connectivity index (χ1) is 9.83. The average molecular weight is 280 g/mol. The third kappa shape index (κ3) is 2.60. The zero-order valence-corrected chi connectivity index (χ0v) is 11.7. The first-order valence-electron chi connectivity index (χ1n) is 6.82. The Hall–Kier alpha value is -0.980. The molecule has 0 N–H and O–H groups in total. The Balaban J connectivity index is 1.76. The predicted octanol–water partition coefficient (Wildman–Crippen LogP) is 1.53. The van der Waals surface area contributed by atoms with Crippen LogP contribution in [0.2, 0.25) is 0 Å². The minimum Gasteiger partial charge on any atom is -0.376 e. The first-order valence-corrected chi connectivity index (χ1v) is 6.82. The molecule has 0 spiro atoms. The van der Waals surface area contributed by atoms with Crippen LogP contribution in [0, 0.1) is 0 Å². The zero-order chi connectivity index (χ0) is 13.9. The SMILES string of the molecule is COC1COC2COC(c3ccccc3)O[C@H]2C1OC. The van der Waals surface area contributed by atoms with Gasteiger partial charge in [-0.15, -0.1) is 0 Å². The van der Waals surface area contributed by atoms with Gasteiger partial charge in [0, 0.05) is 19.8 Å². The van der Waals surface area contributed by atoms with Crippen LogP contribution < -0.4 is 0 Å². The van der Waals surface area contributed by atoms with Gasteiger partial charge < -0.3 is 23.7 Å². The first kappa shape index (κ1) is 14.0. The molecule has 1 aromatic carbocycles. The lowest BCUT2D eigenvalue weighted by atomic mass is 9.98. The molecule has 2 aliphatic heterocycles. The van der Waals surface area contributed by atoms with Crippen LogP contribution in [-0.2, 0) is 23.7 Å². The van der Waals surface area contributed by atoms with Gasteiger partial charge in [-0.05, 0) is 0 Å². The maximum atomic E-state index is 6.06. The van der Waals surface area contributed by atoms with E-state index in [0.717, 1.165) is 5.56 Å². The zero-order valence-electron chi connectivity index (χ0n) is 11.7. The van der Waals surface area contributed by atoms with E-state index < -0.39 is 0 Å². The number of benzene rings is 1. The van der Waals surface area contributed by atoms with Crippen LogP contribution in [0.4, 0.5) is 0 Å². The summed E-state index contributed by atoms with van der Waals surface area (Å²) in [7, 11) is 3.34. The fourth-order valence-corrected chi connectivity index (χ4v) is 2.78. The van der Waals surface area contributed by atoms with Crippen molar-refractivity contribution in [2.24, 2.45) is 0 Å². The molecule has 1 aromatic rings. The molecule has 0 aromatic heterocycles. The molecule has 2 fully saturated rings. The Morgan fingerprint density at radius 3 is 2.50 bits per heavy atom. The molecule has 5 atom stereocenters. The summed E-state index contributed by atoms with van der Waals surface area (Å²) in [4.78, 5) is 0. The second kappa shape index (κ2) is 6.20. The highest BCUT2D eigenvalue weighted by Crippen LogP contribution is 2.33. The highest BCUT2D eigenvalue weighted by molar-refractivity contribution is 5.16. The second-order valence-electron chi connectivity index (χ2n) is 5.02. The van der Waals surface area contributed by atoms with E-state index in [1.54, 1.807) is 14.2 Å². The van der Waals surface area contributed by atoms with E-state index in [-0.39, 0.29) is 30.7 Å². The lowest BCUT2D eigenvalue weighted by Crippen LogP contribution is -2.59. The molecule has 0 saturated carbocycles. The smallest absolute Gasteiger partial charge is 0.184 e. The van der Waals surface area contributed by atoms with E-state index in [0.29, 0.717) is 13.2 Å². The van der Waals surface area contributed by atoms with Crippen LogP contribution in [0.3, 0.4) is 0 Å². The van der Waals surface area contributed by atoms with Crippen molar-refractivity contribution in [3.63, 3.8) is 0 Å². The maximum absolute atomic E-state index is 6.06. The summed E-state index contributed by atoms with van der Waals surface area (Å²) in [5.41, 5.74) is 1.00. The molecule has 2 saturated heterocycles. The topological polar surface area (TPSA) is 46.2 Å². The van der Waals surface area contributed by atoms with Crippen molar-refractivity contribution >= 4 is 0 Å². The van der Waals surface area contributed by atoms with Crippen molar-refractivity contribution in [2.45, 2.75) is 30.7 Å². The molecule has 2 heterocycles. The molecular formula is C15H20O5. The normalized spacial score (nSPS) is 37.4. The van der Waals surface area contributed by atoms with Crippen molar-refractivity contribution in [1.29, 1.82) is 0 Å². The Labute approximate surface area is 118 Å². The molecule has 4 unspecified atom stereocenters. The van der Waals surface area contributed by atoms with Crippen molar-refractivity contribution < 1.29 is 23.7 Å². The molecule has 0 aliphatic carbocycles. The lowest BCUT2D eigenvalue weighted by Gasteiger charge is -2.45. The summed E-state index contributed by atoms with van der Waals surface area (Å²) >= 11 is 0. The van der Waals surface area contributed by atoms with Crippen LogP contribution in [0.25, 0.3) is 0 Å². The Bertz CT molecular complexity index is 424. The lowest BCUT2D eigenvalue weighted by molar-refractivity contribution is -0.318. The fourth-order valence-electron chi connectivity index (χ4n) is 2.78. The number of methoxy groups -OCH3 is 2. The summed E-state index contributed by atoms with van der Waals surface area (Å²) in [6.07, 6.45) is -0.928. The molecule has 0 amide bonds. The highest BCUT2D eigenvalue weighted by atomic mass is 16.7. The average Bonchev–Trinajstić information content (AvgIpc) is 2.54. The Morgan fingerprint density at radius 2 is 1.80 bits per heavy atom. The van der Waals surface area contributed by atoms with Crippen LogP contribution >= 0.6 is 0 Å². The van der Waals surface area contributed by atoms with E-state index in [2.05, 4.69) is 0 Å². The standard InChI is InChI=1S/C15H20O5/c1-16-11-8-18-12-9-19-15(10-6-4-3-5-7-10)20-14(12)13(11)17-2/h3-7,11-15H,8-9H2,1-2H3/t11?,12?,13?,14-,15?/m1/s1. The Morgan fingerprint density at radius 1 is 1.00 bits per heavy atom. The summed E-state index contributed by atoms with van der Waals surface area (Å²) < 4.78 is 28.5. The Kier molecular flexibility index (Phi) is 4.33. The van der Waals surface area contributed by atoms with Crippen molar-refractivity contribution in [1.82, 2.24) is 0 Å². The predicted molar refractivity (Wildman–Crippen MR) is 71.3 cm³/mol. The number of ether oxygens (including phenoxy) is 5. The van der Waals surface area contributed by atoms with Gasteiger partial charge in [-0.3, -0.25) is 0 Å². The van der Waals surface area contributed by atoms with Gasteiger partial charge in [0.05, 0.1) is 13.2 Å². The number of hydrogen-bond donors (Lipinski definition) is 0. The largest absolute Gasteiger partial charge is 0.376 e. The molecule has 2 aliphatic rings. The minimum absolute atomic E-state index is 0.105. The van der Waals surface area contributed by atoms with Gasteiger partial charge in [0.25, 0.3) is 0 Å². The summed E-state index contributed by atoms with van der Waals surface area (Å²) in [5, 5.41) is 0. The van der Waals surface area contributed by atoms with Crippen molar-refractivity contribution in [3.05, 3.63) is 35.9 Å². The third-order valence-electron chi connectivity index (χ3n) is 3.87. The molecule has 0 radical (unpaired) electrons. The summed E-state index contributed by atoms with van der Waals surface area (Å²) in [6, 6.07) is 9.89. The van der Waals surface area contributed by atoms with E-state index in [1.807, 2.05) is 30.3 Å². The summed E-state index contributed by atoms with van der Waals surface area (Å²) in [6.45, 7) is 0.999. The molecule has 110 valence electrons. The van der Waals surface area contributed by atoms with E-state index in [1.165, 1.54) is 0 Å². The van der Waals surface area contributed by atoms with E-state index in [4.69, 9.17) is 23.7 Å². The third-order valence-corrected chi connectivity index (χ3v) is 3.87. The number of hydrogen-bond acceptors (Lipinski definition) is 5. The van der Waals surface area contributed by atoms with Gasteiger partial charge in [-0.25, -0.2) is 0 Å². The van der Waals surface area contributed by atoms with Crippen LogP contribution in [0.1, 0.15) is 11.9 Å². The monoisotopic (exact) mass is 280 g/mol. The molecule has 5 nitrogen and oxygen atoms in total. The van der Waals surface area contributed by atoms with Crippen molar-refractivity contribution in [2.75, 3.05) is 27.4 Å². The minimum atomic E-state index is -0.380. The fraction of sp³-hybridized carbons (Fsp3) is 0.600. The van der Waals surface area contributed by atoms with Gasteiger partial charge in [-0.1, -0.05) is 30.3 Å². The number of rotatable bonds is 3. The quantitative estimate of drug-likeness (QED) is 0.840. The second-order valence-corrected chi connectivity index (χ2v) is 5.02. The van der Waals surface area contributed by atoms with Gasteiger partial charge in [0.15, 0.2) is 6.29 Å². The van der Waals surface area contributed by atoms with Gasteiger partial charge in [0.1, 0.15) is 24.4 Å². The van der Waals surface area contributed by atoms with Gasteiger partial charge >= 0.3 is 0 Å². The molecular weight excluding hydrogens is 260 g/mol. The molecule has 3 rings (SSSR count). The van der Waals surface area contributed by atoms with Crippen LogP contribution in [0.5, 0.6) is 0 Å². The molecule has 5 heteroatoms. The van der Waals surface area contributed by atoms with Gasteiger partial charge in [0.2, 0.25) is 0 Å². The van der Waals surface area contributed by atoms with Gasteiger partial charge in [-0.2, -0.15) is 0 Å². The number of fused-ring (bicyclic) bond motifs is 1. The van der Waals surface area contributed by atoms with E-state index >= 15 is 0 Å². The van der Waals surface area contributed by atoms with E-state index in [9.17, 15) is 0 Å². The summed E-state index contributed by atoms with van der Waals surface area (Å²) in [5.74, 6) is 0. The van der Waals surface area contributed by atoms with Crippen LogP contribution in [-0.4, -0.2) is 51.8 Å². The van der Waals surface area contributed by atoms with Crippen molar-refractivity contribution in [3.8, 4) is 0 Å².